The van der Waals surface area contributed by atoms with Crippen LogP contribution in [0.3, 0.4) is 0 Å². The average molecular weight is 491 g/mol. The molecule has 2 aromatic heterocycles. The lowest BCUT2D eigenvalue weighted by Crippen LogP contribution is -2.28. The first-order valence-electron chi connectivity index (χ1n) is 10.9. The number of hydrogen-bond acceptors (Lipinski definition) is 6. The first-order valence-corrected chi connectivity index (χ1v) is 12.4. The second-order valence-electron chi connectivity index (χ2n) is 8.19. The highest BCUT2D eigenvalue weighted by atomic mass is 32.2. The fourth-order valence-corrected chi connectivity index (χ4v) is 5.14. The van der Waals surface area contributed by atoms with E-state index in [1.54, 1.807) is 12.1 Å². The number of aromatic nitrogens is 2. The van der Waals surface area contributed by atoms with Crippen LogP contribution in [0.5, 0.6) is 5.75 Å². The van der Waals surface area contributed by atoms with Crippen LogP contribution in [0.15, 0.2) is 71.9 Å². The maximum Gasteiger partial charge on any atom is 0.262 e. The van der Waals surface area contributed by atoms with E-state index < -0.39 is 10.0 Å². The van der Waals surface area contributed by atoms with Gasteiger partial charge in [0.25, 0.3) is 10.0 Å². The zero-order valence-corrected chi connectivity index (χ0v) is 19.9. The van der Waals surface area contributed by atoms with E-state index in [2.05, 4.69) is 9.71 Å². The average Bonchev–Trinajstić information content (AvgIpc) is 3.43. The molecular weight excluding hydrogens is 468 g/mol. The number of ether oxygens (including phenoxy) is 1. The summed E-state index contributed by atoms with van der Waals surface area (Å²) in [6, 6.07) is 14.7. The first kappa shape index (κ1) is 22.6. The van der Waals surface area contributed by atoms with E-state index >= 15 is 0 Å². The minimum Gasteiger partial charge on any atom is -0.495 e. The van der Waals surface area contributed by atoms with Gasteiger partial charge in [-0.05, 0) is 61.0 Å². The van der Waals surface area contributed by atoms with Gasteiger partial charge in [-0.25, -0.2) is 13.4 Å². The molecule has 1 fully saturated rings. The van der Waals surface area contributed by atoms with Crippen molar-refractivity contribution in [3.63, 3.8) is 0 Å². The van der Waals surface area contributed by atoms with Crippen LogP contribution in [0.1, 0.15) is 18.4 Å². The Morgan fingerprint density at radius 2 is 1.71 bits per heavy atom. The minimum absolute atomic E-state index is 0.0174. The maximum atomic E-state index is 13.1. The van der Waals surface area contributed by atoms with E-state index in [-0.39, 0.29) is 35.2 Å². The van der Waals surface area contributed by atoms with Crippen LogP contribution in [-0.4, -0.2) is 36.7 Å². The molecule has 0 saturated carbocycles. The molecule has 0 spiro atoms. The normalized spacial score (nSPS) is 14.1. The van der Waals surface area contributed by atoms with Crippen molar-refractivity contribution in [1.29, 1.82) is 0 Å². The second-order valence-corrected chi connectivity index (χ2v) is 9.87. The van der Waals surface area contributed by atoms with Crippen LogP contribution in [0, 0.1) is 6.92 Å². The lowest BCUT2D eigenvalue weighted by atomic mass is 10.1. The van der Waals surface area contributed by atoms with Gasteiger partial charge in [-0.1, -0.05) is 6.07 Å². The first-order chi connectivity index (χ1) is 16.8. The number of benzene rings is 2. The topological polar surface area (TPSA) is 110 Å². The molecule has 3 heterocycles. The summed E-state index contributed by atoms with van der Waals surface area (Å²) in [6.07, 6.45) is 4.09. The Morgan fingerprint density at radius 3 is 2.37 bits per heavy atom. The largest absolute Gasteiger partial charge is 0.495 e. The summed E-state index contributed by atoms with van der Waals surface area (Å²) in [4.78, 5) is 29.7. The number of imidazole rings is 1. The molecule has 10 heteroatoms. The minimum atomic E-state index is -3.99. The summed E-state index contributed by atoms with van der Waals surface area (Å²) in [5.41, 5.74) is 3.84. The fraction of sp³-hybridized carbons (Fsp3) is 0.160. The van der Waals surface area contributed by atoms with Crippen molar-refractivity contribution in [3.8, 4) is 17.0 Å². The number of methoxy groups -OCH3 is 1. The molecule has 4 aromatic rings. The van der Waals surface area contributed by atoms with Gasteiger partial charge >= 0.3 is 0 Å². The second kappa shape index (κ2) is 8.55. The molecule has 0 atom stereocenters. The number of carbonyl (C=O) groups excluding carboxylic acids is 2. The Hall–Kier alpha value is -4.18. The third-order valence-electron chi connectivity index (χ3n) is 5.87. The van der Waals surface area contributed by atoms with Crippen LogP contribution < -0.4 is 14.4 Å². The molecule has 35 heavy (non-hydrogen) atoms. The van der Waals surface area contributed by atoms with Crippen LogP contribution in [0.2, 0.25) is 0 Å². The monoisotopic (exact) mass is 490 g/mol. The summed E-state index contributed by atoms with van der Waals surface area (Å²) in [6.45, 7) is 1.97. The van der Waals surface area contributed by atoms with Gasteiger partial charge in [-0.3, -0.25) is 19.2 Å². The Balaban J connectivity index is 1.46. The third-order valence-corrected chi connectivity index (χ3v) is 7.26. The molecule has 2 amide bonds. The van der Waals surface area contributed by atoms with Gasteiger partial charge in [0.1, 0.15) is 11.4 Å². The highest BCUT2D eigenvalue weighted by Gasteiger charge is 2.30. The number of aryl methyl sites for hydroxylation is 1. The van der Waals surface area contributed by atoms with Gasteiger partial charge in [-0.15, -0.1) is 0 Å². The van der Waals surface area contributed by atoms with Gasteiger partial charge in [0, 0.05) is 30.8 Å². The summed E-state index contributed by atoms with van der Waals surface area (Å²) < 4.78 is 36.1. The van der Waals surface area contributed by atoms with E-state index in [0.29, 0.717) is 22.7 Å². The Labute approximate surface area is 202 Å². The molecule has 1 aliphatic heterocycles. The summed E-state index contributed by atoms with van der Waals surface area (Å²) >= 11 is 0. The zero-order valence-electron chi connectivity index (χ0n) is 19.1. The highest BCUT2D eigenvalue weighted by molar-refractivity contribution is 7.92. The van der Waals surface area contributed by atoms with Crippen molar-refractivity contribution >= 4 is 38.9 Å². The molecule has 9 nitrogen and oxygen atoms in total. The van der Waals surface area contributed by atoms with Gasteiger partial charge in [-0.2, -0.15) is 0 Å². The van der Waals surface area contributed by atoms with Crippen molar-refractivity contribution in [2.45, 2.75) is 24.7 Å². The van der Waals surface area contributed by atoms with Crippen LogP contribution >= 0.6 is 0 Å². The van der Waals surface area contributed by atoms with Crippen LogP contribution in [0.25, 0.3) is 16.9 Å². The number of imide groups is 1. The molecule has 0 aliphatic carbocycles. The SMILES string of the molecule is COc1ccc(-c2cn3cccc(C)c3n2)cc1NS(=O)(=O)c1ccc(N2C(=O)CCC2=O)cc1. The van der Waals surface area contributed by atoms with Crippen molar-refractivity contribution < 1.29 is 22.7 Å². The number of nitrogens with zero attached hydrogens (tertiary/aromatic N) is 3. The number of anilines is 2. The van der Waals surface area contributed by atoms with Crippen LogP contribution in [-0.2, 0) is 19.6 Å². The van der Waals surface area contributed by atoms with E-state index in [0.717, 1.165) is 16.1 Å². The van der Waals surface area contributed by atoms with Gasteiger partial charge < -0.3 is 9.14 Å². The molecule has 0 bridgehead atoms. The molecule has 0 unspecified atom stereocenters. The number of sulfonamides is 1. The van der Waals surface area contributed by atoms with Gasteiger partial charge in [0.15, 0.2) is 0 Å². The summed E-state index contributed by atoms with van der Waals surface area (Å²) in [5, 5.41) is 0. The number of nitrogens with one attached hydrogen (secondary N) is 1. The summed E-state index contributed by atoms with van der Waals surface area (Å²) in [7, 11) is -2.53. The molecule has 5 rings (SSSR count). The van der Waals surface area contributed by atoms with Gasteiger partial charge in [0.05, 0.1) is 29.1 Å². The predicted molar refractivity (Wildman–Crippen MR) is 131 cm³/mol. The quantitative estimate of drug-likeness (QED) is 0.412. The number of pyridine rings is 1. The molecule has 0 radical (unpaired) electrons. The van der Waals surface area contributed by atoms with Crippen molar-refractivity contribution in [2.75, 3.05) is 16.7 Å². The maximum absolute atomic E-state index is 13.1. The summed E-state index contributed by atoms with van der Waals surface area (Å²) in [5.74, 6) is -0.248. The van der Waals surface area contributed by atoms with E-state index in [1.807, 2.05) is 41.9 Å². The molecule has 1 aliphatic rings. The molecule has 1 saturated heterocycles. The number of hydrogen-bond donors (Lipinski definition) is 1. The fourth-order valence-electron chi connectivity index (χ4n) is 4.08. The Kier molecular flexibility index (Phi) is 5.52. The lowest BCUT2D eigenvalue weighted by molar-refractivity contribution is -0.121. The van der Waals surface area contributed by atoms with Crippen molar-refractivity contribution in [3.05, 3.63) is 72.6 Å². The standard InChI is InChI=1S/C25H22N4O5S/c1-16-4-3-13-28-15-21(26-25(16)28)17-5-10-22(34-2)20(14-17)27-35(32,33)19-8-6-18(7-9-19)29-23(30)11-12-24(29)31/h3-10,13-15,27H,11-12H2,1-2H3. The van der Waals surface area contributed by atoms with Crippen molar-refractivity contribution in [2.24, 2.45) is 0 Å². The van der Waals surface area contributed by atoms with E-state index in [4.69, 9.17) is 4.74 Å². The number of fused-ring (bicyclic) bond motifs is 1. The Morgan fingerprint density at radius 1 is 1.00 bits per heavy atom. The van der Waals surface area contributed by atoms with E-state index in [9.17, 15) is 18.0 Å². The van der Waals surface area contributed by atoms with Crippen LogP contribution in [0.4, 0.5) is 11.4 Å². The number of carbonyl (C=O) groups is 2. The predicted octanol–water partition coefficient (Wildman–Crippen LogP) is 3.77. The molecule has 1 N–H and O–H groups in total. The van der Waals surface area contributed by atoms with Crippen molar-refractivity contribution in [1.82, 2.24) is 9.38 Å². The number of amides is 2. The molecule has 2 aromatic carbocycles. The Bertz CT molecular complexity index is 1560. The lowest BCUT2D eigenvalue weighted by Gasteiger charge is -2.15. The van der Waals surface area contributed by atoms with E-state index in [1.165, 1.54) is 31.4 Å². The number of rotatable bonds is 6. The molecule has 178 valence electrons. The zero-order chi connectivity index (χ0) is 24.7. The van der Waals surface area contributed by atoms with Gasteiger partial charge in [0.2, 0.25) is 11.8 Å². The molecular formula is C25H22N4O5S. The smallest absolute Gasteiger partial charge is 0.262 e. The highest BCUT2D eigenvalue weighted by Crippen LogP contribution is 2.33. The third kappa shape index (κ3) is 4.12.